The molecule has 0 bridgehead atoms. The molecule has 4 nitrogen and oxygen atoms in total. The normalized spacial score (nSPS) is 10.5. The number of aryl methyl sites for hydroxylation is 1. The molecule has 0 aliphatic rings. The van der Waals surface area contributed by atoms with Crippen LogP contribution in [0.4, 0.5) is 0 Å². The van der Waals surface area contributed by atoms with Crippen molar-refractivity contribution in [1.29, 1.82) is 0 Å². The van der Waals surface area contributed by atoms with Gasteiger partial charge in [-0.2, -0.15) is 0 Å². The summed E-state index contributed by atoms with van der Waals surface area (Å²) in [6, 6.07) is 0. The van der Waals surface area contributed by atoms with E-state index in [0.717, 1.165) is 18.5 Å². The molecule has 1 rings (SSSR count). The van der Waals surface area contributed by atoms with Crippen LogP contribution in [-0.4, -0.2) is 22.0 Å². The third-order valence-electron chi connectivity index (χ3n) is 1.75. The van der Waals surface area contributed by atoms with Crippen LogP contribution in [0, 0.1) is 0 Å². The van der Waals surface area contributed by atoms with E-state index in [9.17, 15) is 4.79 Å². The van der Waals surface area contributed by atoms with Crippen LogP contribution in [0.25, 0.3) is 0 Å². The highest BCUT2D eigenvalue weighted by atomic mass is 16.5. The summed E-state index contributed by atoms with van der Waals surface area (Å²) in [5.41, 5.74) is 1.06. The molecule has 0 unspecified atom stereocenters. The molecule has 0 radical (unpaired) electrons. The molecule has 0 atom stereocenters. The van der Waals surface area contributed by atoms with Gasteiger partial charge in [0.15, 0.2) is 0 Å². The molecule has 0 amide bonds. The molecule has 0 aliphatic heterocycles. The minimum Gasteiger partial charge on any atom is -0.463 e. The summed E-state index contributed by atoms with van der Waals surface area (Å²) in [7, 11) is 0. The van der Waals surface area contributed by atoms with Crippen LogP contribution in [0.15, 0.2) is 12.5 Å². The number of hydrogen-bond donors (Lipinski definition) is 1. The van der Waals surface area contributed by atoms with Crippen molar-refractivity contribution in [3.63, 3.8) is 0 Å². The standard InChI is InChI=1S/C10H16N2O2/c1-8(2)14-10(13)5-3-4-9-6-11-7-12-9/h6-8H,3-5H2,1-2H3,(H,11,12). The molecule has 1 heterocycles. The molecule has 78 valence electrons. The van der Waals surface area contributed by atoms with E-state index in [1.54, 1.807) is 12.5 Å². The van der Waals surface area contributed by atoms with E-state index >= 15 is 0 Å². The van der Waals surface area contributed by atoms with Crippen molar-refractivity contribution >= 4 is 5.97 Å². The molecule has 1 aromatic heterocycles. The Labute approximate surface area is 83.7 Å². The van der Waals surface area contributed by atoms with Gasteiger partial charge in [0, 0.05) is 18.3 Å². The number of rotatable bonds is 5. The van der Waals surface area contributed by atoms with Gasteiger partial charge in [-0.15, -0.1) is 0 Å². The number of carbonyl (C=O) groups is 1. The van der Waals surface area contributed by atoms with Crippen molar-refractivity contribution < 1.29 is 9.53 Å². The molecule has 0 fully saturated rings. The van der Waals surface area contributed by atoms with E-state index < -0.39 is 0 Å². The van der Waals surface area contributed by atoms with E-state index in [1.807, 2.05) is 13.8 Å². The van der Waals surface area contributed by atoms with Gasteiger partial charge in [-0.1, -0.05) is 0 Å². The molecule has 0 aliphatic carbocycles. The summed E-state index contributed by atoms with van der Waals surface area (Å²) in [5, 5.41) is 0. The van der Waals surface area contributed by atoms with Gasteiger partial charge in [0.05, 0.1) is 12.4 Å². The Hall–Kier alpha value is -1.32. The number of hydrogen-bond acceptors (Lipinski definition) is 3. The first-order chi connectivity index (χ1) is 6.68. The Bertz CT molecular complexity index is 268. The van der Waals surface area contributed by atoms with Crippen LogP contribution < -0.4 is 0 Å². The number of carbonyl (C=O) groups excluding carboxylic acids is 1. The van der Waals surface area contributed by atoms with Gasteiger partial charge in [0.2, 0.25) is 0 Å². The highest BCUT2D eigenvalue weighted by Gasteiger charge is 2.05. The van der Waals surface area contributed by atoms with E-state index in [2.05, 4.69) is 9.97 Å². The minimum atomic E-state index is -0.125. The SMILES string of the molecule is CC(C)OC(=O)CCCc1cnc[nH]1. The number of ether oxygens (including phenoxy) is 1. The van der Waals surface area contributed by atoms with Crippen LogP contribution in [0.3, 0.4) is 0 Å². The van der Waals surface area contributed by atoms with Gasteiger partial charge in [-0.3, -0.25) is 4.79 Å². The van der Waals surface area contributed by atoms with Crippen molar-refractivity contribution in [3.05, 3.63) is 18.2 Å². The zero-order valence-corrected chi connectivity index (χ0v) is 8.62. The van der Waals surface area contributed by atoms with Gasteiger partial charge in [0.1, 0.15) is 0 Å². The second kappa shape index (κ2) is 5.42. The summed E-state index contributed by atoms with van der Waals surface area (Å²) in [6.07, 6.45) is 5.50. The zero-order chi connectivity index (χ0) is 10.4. The van der Waals surface area contributed by atoms with Gasteiger partial charge < -0.3 is 9.72 Å². The summed E-state index contributed by atoms with van der Waals surface area (Å²) >= 11 is 0. The molecule has 14 heavy (non-hydrogen) atoms. The monoisotopic (exact) mass is 196 g/mol. The molecule has 0 saturated carbocycles. The third-order valence-corrected chi connectivity index (χ3v) is 1.75. The second-order valence-corrected chi connectivity index (χ2v) is 3.47. The van der Waals surface area contributed by atoms with Crippen molar-refractivity contribution in [1.82, 2.24) is 9.97 Å². The van der Waals surface area contributed by atoms with Gasteiger partial charge >= 0.3 is 5.97 Å². The first-order valence-corrected chi connectivity index (χ1v) is 4.85. The fourth-order valence-electron chi connectivity index (χ4n) is 1.17. The fraction of sp³-hybridized carbons (Fsp3) is 0.600. The molecular weight excluding hydrogens is 180 g/mol. The predicted octanol–water partition coefficient (Wildman–Crippen LogP) is 1.68. The van der Waals surface area contributed by atoms with E-state index in [1.165, 1.54) is 0 Å². The number of nitrogens with one attached hydrogen (secondary N) is 1. The van der Waals surface area contributed by atoms with Crippen LogP contribution in [-0.2, 0) is 16.0 Å². The average Bonchev–Trinajstić information content (AvgIpc) is 2.55. The second-order valence-electron chi connectivity index (χ2n) is 3.47. The van der Waals surface area contributed by atoms with E-state index in [-0.39, 0.29) is 12.1 Å². The number of aromatic amines is 1. The van der Waals surface area contributed by atoms with Crippen LogP contribution in [0.1, 0.15) is 32.4 Å². The Morgan fingerprint density at radius 2 is 2.43 bits per heavy atom. The highest BCUT2D eigenvalue weighted by Crippen LogP contribution is 2.02. The molecule has 0 aromatic carbocycles. The van der Waals surface area contributed by atoms with Crippen molar-refractivity contribution in [2.45, 2.75) is 39.2 Å². The lowest BCUT2D eigenvalue weighted by Crippen LogP contribution is -2.11. The smallest absolute Gasteiger partial charge is 0.306 e. The van der Waals surface area contributed by atoms with Crippen LogP contribution >= 0.6 is 0 Å². The molecule has 0 spiro atoms. The lowest BCUT2D eigenvalue weighted by Gasteiger charge is -2.06. The highest BCUT2D eigenvalue weighted by molar-refractivity contribution is 5.69. The number of esters is 1. The number of H-pyrrole nitrogens is 1. The quantitative estimate of drug-likeness (QED) is 0.729. The van der Waals surface area contributed by atoms with Crippen LogP contribution in [0.2, 0.25) is 0 Å². The summed E-state index contributed by atoms with van der Waals surface area (Å²) < 4.78 is 5.00. The molecule has 1 aromatic rings. The average molecular weight is 196 g/mol. The Morgan fingerprint density at radius 3 is 3.00 bits per heavy atom. The summed E-state index contributed by atoms with van der Waals surface area (Å²) in [6.45, 7) is 3.71. The molecular formula is C10H16N2O2. The summed E-state index contributed by atoms with van der Waals surface area (Å²) in [5.74, 6) is -0.125. The summed E-state index contributed by atoms with van der Waals surface area (Å²) in [4.78, 5) is 18.0. The van der Waals surface area contributed by atoms with Crippen molar-refractivity contribution in [3.8, 4) is 0 Å². The maximum Gasteiger partial charge on any atom is 0.306 e. The van der Waals surface area contributed by atoms with Gasteiger partial charge in [-0.25, -0.2) is 4.98 Å². The van der Waals surface area contributed by atoms with Gasteiger partial charge in [-0.05, 0) is 26.7 Å². The van der Waals surface area contributed by atoms with Crippen molar-refractivity contribution in [2.75, 3.05) is 0 Å². The Morgan fingerprint density at radius 1 is 1.64 bits per heavy atom. The Kier molecular flexibility index (Phi) is 4.16. The maximum absolute atomic E-state index is 11.1. The first-order valence-electron chi connectivity index (χ1n) is 4.85. The minimum absolute atomic E-state index is 0.0188. The largest absolute Gasteiger partial charge is 0.463 e. The molecule has 0 saturated heterocycles. The maximum atomic E-state index is 11.1. The number of nitrogens with zero attached hydrogens (tertiary/aromatic N) is 1. The van der Waals surface area contributed by atoms with E-state index in [4.69, 9.17) is 4.74 Å². The van der Waals surface area contributed by atoms with Crippen molar-refractivity contribution in [2.24, 2.45) is 0 Å². The molecule has 4 heteroatoms. The van der Waals surface area contributed by atoms with Gasteiger partial charge in [0.25, 0.3) is 0 Å². The first kappa shape index (κ1) is 10.8. The third kappa shape index (κ3) is 4.07. The van der Waals surface area contributed by atoms with E-state index in [0.29, 0.717) is 6.42 Å². The predicted molar refractivity (Wildman–Crippen MR) is 52.8 cm³/mol. The number of imidazole rings is 1. The fourth-order valence-corrected chi connectivity index (χ4v) is 1.17. The van der Waals surface area contributed by atoms with Crippen LogP contribution in [0.5, 0.6) is 0 Å². The lowest BCUT2D eigenvalue weighted by molar-refractivity contribution is -0.147. The topological polar surface area (TPSA) is 55.0 Å². The molecule has 1 N–H and O–H groups in total. The zero-order valence-electron chi connectivity index (χ0n) is 8.62. The lowest BCUT2D eigenvalue weighted by atomic mass is 10.2. The number of aromatic nitrogens is 2. The Balaban J connectivity index is 2.12.